The van der Waals surface area contributed by atoms with Crippen molar-refractivity contribution in [2.24, 2.45) is 0 Å². The number of hydrogen-bond donors (Lipinski definition) is 2. The van der Waals surface area contributed by atoms with Crippen molar-refractivity contribution in [1.82, 2.24) is 15.5 Å². The summed E-state index contributed by atoms with van der Waals surface area (Å²) in [4.78, 5) is 11.9. The molecule has 0 radical (unpaired) electrons. The molecule has 0 bridgehead atoms. The van der Waals surface area contributed by atoms with Crippen molar-refractivity contribution in [2.45, 2.75) is 62.4 Å². The fourth-order valence-electron chi connectivity index (χ4n) is 4.11. The molecule has 0 unspecified atom stereocenters. The summed E-state index contributed by atoms with van der Waals surface area (Å²) in [6.07, 6.45) is -2.17. The Bertz CT molecular complexity index is 1400. The minimum absolute atomic E-state index is 0.0562. The molecule has 1 saturated carbocycles. The Labute approximate surface area is 226 Å². The molecule has 1 amide bonds. The van der Waals surface area contributed by atoms with Crippen LogP contribution in [0.4, 0.5) is 18.3 Å². The van der Waals surface area contributed by atoms with Gasteiger partial charge in [-0.15, -0.1) is 21.5 Å². The predicted molar refractivity (Wildman–Crippen MR) is 140 cm³/mol. The van der Waals surface area contributed by atoms with E-state index in [9.17, 15) is 26.4 Å². The number of aromatic nitrogens is 2. The Morgan fingerprint density at radius 3 is 2.37 bits per heavy atom. The molecule has 38 heavy (non-hydrogen) atoms. The first-order valence-corrected chi connectivity index (χ1v) is 15.0. The van der Waals surface area contributed by atoms with Crippen LogP contribution >= 0.6 is 22.7 Å². The summed E-state index contributed by atoms with van der Waals surface area (Å²) in [6, 6.07) is 7.24. The minimum atomic E-state index is -4.58. The first kappa shape index (κ1) is 28.3. The number of hydrogen-bond acceptors (Lipinski definition) is 8. The zero-order valence-electron chi connectivity index (χ0n) is 20.9. The van der Waals surface area contributed by atoms with E-state index in [0.717, 1.165) is 35.9 Å². The zero-order chi connectivity index (χ0) is 27.7. The average molecular weight is 589 g/mol. The van der Waals surface area contributed by atoms with Crippen LogP contribution in [0.15, 0.2) is 35.2 Å². The number of ether oxygens (including phenoxy) is 1. The van der Waals surface area contributed by atoms with E-state index in [1.165, 1.54) is 23.5 Å². The van der Waals surface area contributed by atoms with Crippen LogP contribution in [0.3, 0.4) is 0 Å². The quantitative estimate of drug-likeness (QED) is 0.310. The van der Waals surface area contributed by atoms with Crippen LogP contribution in [0, 0.1) is 0 Å². The van der Waals surface area contributed by atoms with Gasteiger partial charge in [-0.2, -0.15) is 13.2 Å². The number of carbonyl (C=O) groups is 1. The average Bonchev–Trinajstić information content (AvgIpc) is 3.46. The van der Waals surface area contributed by atoms with E-state index in [1.54, 1.807) is 19.1 Å². The molecule has 1 aromatic carbocycles. The highest BCUT2D eigenvalue weighted by molar-refractivity contribution is 7.93. The second kappa shape index (κ2) is 10.8. The maximum absolute atomic E-state index is 13.2. The van der Waals surface area contributed by atoms with Crippen LogP contribution in [-0.2, 0) is 21.6 Å². The van der Waals surface area contributed by atoms with E-state index in [0.29, 0.717) is 11.3 Å². The van der Waals surface area contributed by atoms with Gasteiger partial charge in [0, 0.05) is 23.9 Å². The number of carbonyl (C=O) groups excluding carboxylic acids is 1. The molecule has 0 atom stereocenters. The summed E-state index contributed by atoms with van der Waals surface area (Å²) in [5.74, 6) is -0.606. The fraction of sp³-hybridized carbons (Fsp3) is 0.458. The van der Waals surface area contributed by atoms with Gasteiger partial charge in [0.2, 0.25) is 5.13 Å². The Morgan fingerprint density at radius 1 is 1.16 bits per heavy atom. The number of amides is 1. The van der Waals surface area contributed by atoms with Gasteiger partial charge in [0.25, 0.3) is 15.9 Å². The fourth-order valence-corrected chi connectivity index (χ4v) is 6.97. The summed E-state index contributed by atoms with van der Waals surface area (Å²) in [5, 5.41) is 11.6. The topological polar surface area (TPSA) is 110 Å². The number of halogens is 3. The van der Waals surface area contributed by atoms with Gasteiger partial charge in [-0.05, 0) is 37.5 Å². The molecule has 0 saturated heterocycles. The lowest BCUT2D eigenvalue weighted by molar-refractivity contribution is -0.134. The molecule has 3 aromatic rings. The molecule has 1 aliphatic carbocycles. The molecule has 0 aliphatic heterocycles. The van der Waals surface area contributed by atoms with E-state index in [4.69, 9.17) is 4.74 Å². The van der Waals surface area contributed by atoms with Crippen molar-refractivity contribution in [3.05, 3.63) is 50.7 Å². The van der Waals surface area contributed by atoms with E-state index >= 15 is 0 Å². The summed E-state index contributed by atoms with van der Waals surface area (Å²) >= 11 is 1.52. The van der Waals surface area contributed by atoms with Crippen LogP contribution in [-0.4, -0.2) is 37.7 Å². The van der Waals surface area contributed by atoms with Gasteiger partial charge in [-0.3, -0.25) is 9.52 Å². The van der Waals surface area contributed by atoms with Crippen molar-refractivity contribution >= 4 is 43.7 Å². The smallest absolute Gasteiger partial charge is 0.425 e. The highest BCUT2D eigenvalue weighted by Crippen LogP contribution is 2.44. The number of thiophene rings is 1. The van der Waals surface area contributed by atoms with Crippen LogP contribution in [0.1, 0.15) is 71.1 Å². The number of rotatable bonds is 10. The first-order valence-electron chi connectivity index (χ1n) is 11.9. The molecule has 2 aromatic heterocycles. The lowest BCUT2D eigenvalue weighted by atomic mass is 9.64. The first-order chi connectivity index (χ1) is 17.8. The van der Waals surface area contributed by atoms with E-state index < -0.39 is 32.4 Å². The number of anilines is 1. The molecule has 2 heterocycles. The van der Waals surface area contributed by atoms with Crippen LogP contribution in [0.2, 0.25) is 0 Å². The molecule has 4 rings (SSSR count). The molecule has 8 nitrogen and oxygen atoms in total. The lowest BCUT2D eigenvalue weighted by Crippen LogP contribution is -2.45. The maximum atomic E-state index is 13.2. The van der Waals surface area contributed by atoms with E-state index in [1.807, 2.05) is 13.8 Å². The van der Waals surface area contributed by atoms with Crippen molar-refractivity contribution < 1.29 is 31.1 Å². The van der Waals surface area contributed by atoms with Gasteiger partial charge >= 0.3 is 6.18 Å². The largest absolute Gasteiger partial charge is 0.492 e. The molecule has 2 N–H and O–H groups in total. The lowest BCUT2D eigenvalue weighted by Gasteiger charge is -2.42. The van der Waals surface area contributed by atoms with Gasteiger partial charge in [0.15, 0.2) is 0 Å². The molecular formula is C24H27F3N4O4S3. The SMILES string of the molecule is CCOc1cc(C(F)(F)F)sc1C(=O)NCC1(c2ccc(S(=O)(=O)Nc3nnc(C(C)C)s3)cc2)CCC1. The normalized spacial score (nSPS) is 15.2. The number of nitrogens with zero attached hydrogens (tertiary/aromatic N) is 2. The summed E-state index contributed by atoms with van der Waals surface area (Å²) in [7, 11) is -3.87. The zero-order valence-corrected chi connectivity index (χ0v) is 23.3. The Balaban J connectivity index is 1.47. The highest BCUT2D eigenvalue weighted by Gasteiger charge is 2.40. The van der Waals surface area contributed by atoms with Gasteiger partial charge in [0.1, 0.15) is 20.5 Å². The van der Waals surface area contributed by atoms with Gasteiger partial charge in [-0.1, -0.05) is 43.7 Å². The molecule has 1 fully saturated rings. The Morgan fingerprint density at radius 2 is 1.84 bits per heavy atom. The van der Waals surface area contributed by atoms with Crippen LogP contribution in [0.5, 0.6) is 5.75 Å². The standard InChI is InChI=1S/C24H27F3N4O4S3/c1-4-35-17-12-18(24(25,26)27)36-19(17)20(32)28-13-23(10-5-11-23)15-6-8-16(9-7-15)38(33,34)31-22-30-29-21(37-22)14(2)3/h6-9,12,14H,4-5,10-11,13H2,1-3H3,(H,28,32)(H,30,31). The number of sulfonamides is 1. The minimum Gasteiger partial charge on any atom is -0.492 e. The van der Waals surface area contributed by atoms with Crippen LogP contribution in [0.25, 0.3) is 0 Å². The third kappa shape index (κ3) is 5.96. The Hall–Kier alpha value is -2.71. The monoisotopic (exact) mass is 588 g/mol. The second-order valence-electron chi connectivity index (χ2n) is 9.28. The van der Waals surface area contributed by atoms with Crippen molar-refractivity contribution in [3.8, 4) is 5.75 Å². The van der Waals surface area contributed by atoms with E-state index in [2.05, 4.69) is 20.2 Å². The highest BCUT2D eigenvalue weighted by atomic mass is 32.2. The van der Waals surface area contributed by atoms with Crippen molar-refractivity contribution in [1.29, 1.82) is 0 Å². The molecule has 1 aliphatic rings. The Kier molecular flexibility index (Phi) is 8.05. The van der Waals surface area contributed by atoms with Gasteiger partial charge < -0.3 is 10.1 Å². The van der Waals surface area contributed by atoms with Crippen LogP contribution < -0.4 is 14.8 Å². The molecular weight excluding hydrogens is 561 g/mol. The van der Waals surface area contributed by atoms with Crippen molar-refractivity contribution in [2.75, 3.05) is 17.9 Å². The third-order valence-corrected chi connectivity index (χ3v) is 10.1. The molecule has 206 valence electrons. The number of benzene rings is 1. The van der Waals surface area contributed by atoms with Crippen molar-refractivity contribution in [3.63, 3.8) is 0 Å². The molecule has 0 spiro atoms. The van der Waals surface area contributed by atoms with Gasteiger partial charge in [-0.25, -0.2) is 8.42 Å². The summed E-state index contributed by atoms with van der Waals surface area (Å²) in [5.41, 5.74) is 0.403. The third-order valence-electron chi connectivity index (χ3n) is 6.31. The van der Waals surface area contributed by atoms with E-state index in [-0.39, 0.29) is 39.7 Å². The number of alkyl halides is 3. The predicted octanol–water partition coefficient (Wildman–Crippen LogP) is 5.79. The number of nitrogens with one attached hydrogen (secondary N) is 2. The maximum Gasteiger partial charge on any atom is 0.425 e. The second-order valence-corrected chi connectivity index (χ2v) is 13.0. The molecule has 14 heteroatoms. The summed E-state index contributed by atoms with van der Waals surface area (Å²) < 4.78 is 73.0. The summed E-state index contributed by atoms with van der Waals surface area (Å²) in [6.45, 7) is 5.83. The van der Waals surface area contributed by atoms with Gasteiger partial charge in [0.05, 0.1) is 11.5 Å².